The highest BCUT2D eigenvalue weighted by Crippen LogP contribution is 2.25. The van der Waals surface area contributed by atoms with Gasteiger partial charge in [-0.05, 0) is 44.0 Å². The Kier molecular flexibility index (Phi) is 4.00. The molecule has 0 radical (unpaired) electrons. The molecule has 2 nitrogen and oxygen atoms in total. The van der Waals surface area contributed by atoms with Gasteiger partial charge in [-0.3, -0.25) is 9.80 Å². The van der Waals surface area contributed by atoms with E-state index in [1.807, 2.05) is 0 Å². The minimum absolute atomic E-state index is 0.707. The van der Waals surface area contributed by atoms with E-state index in [1.54, 1.807) is 5.57 Å². The SMILES string of the molecule is CN1CCCC1C1=CCCN(Cc2ccccc2)C1. The molecule has 1 saturated heterocycles. The number of rotatable bonds is 3. The summed E-state index contributed by atoms with van der Waals surface area (Å²) in [7, 11) is 2.27. The van der Waals surface area contributed by atoms with E-state index in [0.717, 1.165) is 13.1 Å². The van der Waals surface area contributed by atoms with Gasteiger partial charge in [-0.25, -0.2) is 0 Å². The normalized spacial score (nSPS) is 25.5. The average Bonchev–Trinajstić information content (AvgIpc) is 2.86. The molecule has 1 aromatic rings. The molecule has 0 saturated carbocycles. The van der Waals surface area contributed by atoms with Crippen LogP contribution in [0.15, 0.2) is 42.0 Å². The molecule has 1 aromatic carbocycles. The van der Waals surface area contributed by atoms with Crippen molar-refractivity contribution in [1.82, 2.24) is 9.80 Å². The second kappa shape index (κ2) is 5.89. The monoisotopic (exact) mass is 256 g/mol. The van der Waals surface area contributed by atoms with Gasteiger partial charge in [0.25, 0.3) is 0 Å². The van der Waals surface area contributed by atoms with Crippen molar-refractivity contribution >= 4 is 0 Å². The Morgan fingerprint density at radius 2 is 2.00 bits per heavy atom. The predicted octanol–water partition coefficient (Wildman–Crippen LogP) is 2.91. The lowest BCUT2D eigenvalue weighted by Gasteiger charge is -2.32. The lowest BCUT2D eigenvalue weighted by molar-refractivity contribution is 0.253. The number of hydrogen-bond acceptors (Lipinski definition) is 2. The minimum Gasteiger partial charge on any atom is -0.300 e. The molecule has 1 atom stereocenters. The predicted molar refractivity (Wildman–Crippen MR) is 80.1 cm³/mol. The molecule has 0 amide bonds. The molecule has 0 spiro atoms. The van der Waals surface area contributed by atoms with Crippen molar-refractivity contribution in [3.05, 3.63) is 47.5 Å². The number of benzene rings is 1. The molecule has 1 unspecified atom stereocenters. The first-order valence-corrected chi connectivity index (χ1v) is 7.48. The molecule has 0 aromatic heterocycles. The Hall–Kier alpha value is -1.12. The molecular weight excluding hydrogens is 232 g/mol. The van der Waals surface area contributed by atoms with E-state index in [1.165, 1.54) is 37.9 Å². The summed E-state index contributed by atoms with van der Waals surface area (Å²) < 4.78 is 0. The van der Waals surface area contributed by atoms with Gasteiger partial charge in [0.05, 0.1) is 0 Å². The van der Waals surface area contributed by atoms with E-state index < -0.39 is 0 Å². The largest absolute Gasteiger partial charge is 0.300 e. The molecule has 1 fully saturated rings. The van der Waals surface area contributed by atoms with Crippen LogP contribution in [0.3, 0.4) is 0 Å². The van der Waals surface area contributed by atoms with Crippen molar-refractivity contribution in [2.24, 2.45) is 0 Å². The first-order chi connectivity index (χ1) is 9.33. The van der Waals surface area contributed by atoms with Crippen LogP contribution in [0.4, 0.5) is 0 Å². The van der Waals surface area contributed by atoms with E-state index in [9.17, 15) is 0 Å². The molecule has 0 N–H and O–H groups in total. The summed E-state index contributed by atoms with van der Waals surface area (Å²) in [6.07, 6.45) is 6.42. The lowest BCUT2D eigenvalue weighted by Crippen LogP contribution is -2.37. The fourth-order valence-electron chi connectivity index (χ4n) is 3.43. The summed E-state index contributed by atoms with van der Waals surface area (Å²) in [6, 6.07) is 11.6. The number of likely N-dealkylation sites (tertiary alicyclic amines) is 1. The molecule has 3 rings (SSSR count). The summed E-state index contributed by atoms with van der Waals surface area (Å²) >= 11 is 0. The van der Waals surface area contributed by atoms with Gasteiger partial charge < -0.3 is 0 Å². The average molecular weight is 256 g/mol. The summed E-state index contributed by atoms with van der Waals surface area (Å²) in [4.78, 5) is 5.12. The van der Waals surface area contributed by atoms with Crippen molar-refractivity contribution in [2.75, 3.05) is 26.7 Å². The van der Waals surface area contributed by atoms with Crippen molar-refractivity contribution in [3.63, 3.8) is 0 Å². The van der Waals surface area contributed by atoms with Crippen molar-refractivity contribution < 1.29 is 0 Å². The fourth-order valence-corrected chi connectivity index (χ4v) is 3.43. The summed E-state index contributed by atoms with van der Waals surface area (Å²) in [5, 5.41) is 0. The lowest BCUT2D eigenvalue weighted by atomic mass is 9.99. The van der Waals surface area contributed by atoms with E-state index in [-0.39, 0.29) is 0 Å². The maximum atomic E-state index is 2.59. The van der Waals surface area contributed by atoms with E-state index in [2.05, 4.69) is 53.3 Å². The molecule has 0 bridgehead atoms. The zero-order valence-electron chi connectivity index (χ0n) is 11.9. The molecule has 2 heteroatoms. The van der Waals surface area contributed by atoms with Crippen LogP contribution < -0.4 is 0 Å². The Balaban J connectivity index is 1.63. The minimum atomic E-state index is 0.707. The van der Waals surface area contributed by atoms with Crippen LogP contribution >= 0.6 is 0 Å². The second-order valence-corrected chi connectivity index (χ2v) is 5.90. The van der Waals surface area contributed by atoms with Crippen molar-refractivity contribution in [1.29, 1.82) is 0 Å². The Labute approximate surface area is 116 Å². The molecule has 0 aliphatic carbocycles. The van der Waals surface area contributed by atoms with Crippen molar-refractivity contribution in [2.45, 2.75) is 31.8 Å². The second-order valence-electron chi connectivity index (χ2n) is 5.90. The number of likely N-dealkylation sites (N-methyl/N-ethyl adjacent to an activating group) is 1. The Morgan fingerprint density at radius 3 is 2.74 bits per heavy atom. The smallest absolute Gasteiger partial charge is 0.0317 e. The van der Waals surface area contributed by atoms with E-state index >= 15 is 0 Å². The Morgan fingerprint density at radius 1 is 1.16 bits per heavy atom. The molecule has 102 valence electrons. The van der Waals surface area contributed by atoms with Gasteiger partial charge in [0.1, 0.15) is 0 Å². The highest BCUT2D eigenvalue weighted by atomic mass is 15.2. The van der Waals surface area contributed by atoms with Crippen molar-refractivity contribution in [3.8, 4) is 0 Å². The topological polar surface area (TPSA) is 6.48 Å². The van der Waals surface area contributed by atoms with Crippen LogP contribution in [-0.4, -0.2) is 42.5 Å². The van der Waals surface area contributed by atoms with Crippen LogP contribution in [-0.2, 0) is 6.54 Å². The highest BCUT2D eigenvalue weighted by molar-refractivity contribution is 5.19. The molecule has 2 aliphatic rings. The van der Waals surface area contributed by atoms with Gasteiger partial charge in [0.15, 0.2) is 0 Å². The molecular formula is C17H24N2. The summed E-state index contributed by atoms with van der Waals surface area (Å²) in [5.74, 6) is 0. The third kappa shape index (κ3) is 3.07. The third-order valence-corrected chi connectivity index (χ3v) is 4.46. The Bertz CT molecular complexity index is 438. The zero-order valence-corrected chi connectivity index (χ0v) is 11.9. The van der Waals surface area contributed by atoms with Gasteiger partial charge in [0.2, 0.25) is 0 Å². The molecule has 19 heavy (non-hydrogen) atoms. The summed E-state index contributed by atoms with van der Waals surface area (Å²) in [6.45, 7) is 4.72. The van der Waals surface area contributed by atoms with Crippen LogP contribution in [0.25, 0.3) is 0 Å². The third-order valence-electron chi connectivity index (χ3n) is 4.46. The summed E-state index contributed by atoms with van der Waals surface area (Å²) in [5.41, 5.74) is 3.09. The van der Waals surface area contributed by atoms with Crippen LogP contribution in [0.1, 0.15) is 24.8 Å². The van der Waals surface area contributed by atoms with Crippen LogP contribution in [0, 0.1) is 0 Å². The van der Waals surface area contributed by atoms with Gasteiger partial charge in [0, 0.05) is 25.7 Å². The standard InChI is InChI=1S/C17H24N2/c1-18-11-6-10-17(18)16-9-5-12-19(14-16)13-15-7-3-2-4-8-15/h2-4,7-9,17H,5-6,10-14H2,1H3. The van der Waals surface area contributed by atoms with Gasteiger partial charge >= 0.3 is 0 Å². The molecule has 2 heterocycles. The first-order valence-electron chi connectivity index (χ1n) is 7.48. The van der Waals surface area contributed by atoms with Gasteiger partial charge in [-0.15, -0.1) is 0 Å². The zero-order chi connectivity index (χ0) is 13.1. The first kappa shape index (κ1) is 12.9. The van der Waals surface area contributed by atoms with Crippen LogP contribution in [0.5, 0.6) is 0 Å². The molecule has 2 aliphatic heterocycles. The maximum absolute atomic E-state index is 2.59. The number of hydrogen-bond donors (Lipinski definition) is 0. The highest BCUT2D eigenvalue weighted by Gasteiger charge is 2.26. The fraction of sp³-hybridized carbons (Fsp3) is 0.529. The van der Waals surface area contributed by atoms with E-state index in [0.29, 0.717) is 6.04 Å². The number of nitrogens with zero attached hydrogens (tertiary/aromatic N) is 2. The van der Waals surface area contributed by atoms with E-state index in [4.69, 9.17) is 0 Å². The van der Waals surface area contributed by atoms with Gasteiger partial charge in [-0.2, -0.15) is 0 Å². The quantitative estimate of drug-likeness (QED) is 0.767. The maximum Gasteiger partial charge on any atom is 0.0317 e. The van der Waals surface area contributed by atoms with Gasteiger partial charge in [-0.1, -0.05) is 36.4 Å². The van der Waals surface area contributed by atoms with Crippen LogP contribution in [0.2, 0.25) is 0 Å².